The number of aromatic nitrogens is 1. The van der Waals surface area contributed by atoms with Crippen LogP contribution in [0.5, 0.6) is 0 Å². The van der Waals surface area contributed by atoms with E-state index in [0.29, 0.717) is 6.54 Å². The number of aryl methyl sites for hydroxylation is 1. The SMILES string of the molecule is CCCc1oc(CNCCN2CCN(c3ccc(F)cc3)CC2)nc1-c1ccccc1. The smallest absolute Gasteiger partial charge is 0.208 e. The minimum absolute atomic E-state index is 0.183. The minimum atomic E-state index is -0.183. The van der Waals surface area contributed by atoms with E-state index in [0.717, 1.165) is 80.7 Å². The van der Waals surface area contributed by atoms with E-state index >= 15 is 0 Å². The number of oxazole rings is 1. The van der Waals surface area contributed by atoms with Crippen molar-refractivity contribution in [3.05, 3.63) is 72.1 Å². The van der Waals surface area contributed by atoms with E-state index in [1.807, 2.05) is 30.3 Å². The molecule has 2 heterocycles. The number of rotatable bonds is 9. The number of nitrogens with zero attached hydrogens (tertiary/aromatic N) is 3. The van der Waals surface area contributed by atoms with Gasteiger partial charge in [-0.15, -0.1) is 0 Å². The Labute approximate surface area is 183 Å². The van der Waals surface area contributed by atoms with Crippen LogP contribution in [0.4, 0.5) is 10.1 Å². The van der Waals surface area contributed by atoms with Gasteiger partial charge in [-0.3, -0.25) is 4.90 Å². The van der Waals surface area contributed by atoms with Crippen LogP contribution in [0, 0.1) is 5.82 Å². The van der Waals surface area contributed by atoms with Crippen molar-refractivity contribution in [2.75, 3.05) is 44.2 Å². The molecule has 3 aromatic rings. The van der Waals surface area contributed by atoms with E-state index in [4.69, 9.17) is 9.40 Å². The third kappa shape index (κ3) is 5.71. The van der Waals surface area contributed by atoms with Crippen molar-refractivity contribution in [1.82, 2.24) is 15.2 Å². The number of nitrogens with one attached hydrogen (secondary N) is 1. The molecule has 31 heavy (non-hydrogen) atoms. The van der Waals surface area contributed by atoms with Crippen molar-refractivity contribution in [1.29, 1.82) is 0 Å². The molecule has 1 aliphatic heterocycles. The first kappa shape index (κ1) is 21.5. The lowest BCUT2D eigenvalue weighted by molar-refractivity contribution is 0.256. The molecule has 0 unspecified atom stereocenters. The van der Waals surface area contributed by atoms with Gasteiger partial charge in [-0.25, -0.2) is 9.37 Å². The number of hydrogen-bond acceptors (Lipinski definition) is 5. The van der Waals surface area contributed by atoms with Gasteiger partial charge in [-0.05, 0) is 30.7 Å². The van der Waals surface area contributed by atoms with Gasteiger partial charge in [0.2, 0.25) is 5.89 Å². The number of halogens is 1. The van der Waals surface area contributed by atoms with Gasteiger partial charge in [-0.2, -0.15) is 0 Å². The molecule has 164 valence electrons. The van der Waals surface area contributed by atoms with Gasteiger partial charge < -0.3 is 14.6 Å². The van der Waals surface area contributed by atoms with Gasteiger partial charge in [0.1, 0.15) is 17.3 Å². The highest BCUT2D eigenvalue weighted by Crippen LogP contribution is 2.25. The number of hydrogen-bond donors (Lipinski definition) is 1. The van der Waals surface area contributed by atoms with Crippen LogP contribution in [0.15, 0.2) is 59.0 Å². The van der Waals surface area contributed by atoms with Crippen molar-refractivity contribution in [3.8, 4) is 11.3 Å². The second kappa shape index (κ2) is 10.6. The molecule has 0 aliphatic carbocycles. The van der Waals surface area contributed by atoms with Crippen molar-refractivity contribution < 1.29 is 8.81 Å². The van der Waals surface area contributed by atoms with Gasteiger partial charge in [0.05, 0.1) is 6.54 Å². The molecule has 4 rings (SSSR count). The highest BCUT2D eigenvalue weighted by Gasteiger charge is 2.17. The summed E-state index contributed by atoms with van der Waals surface area (Å²) in [5, 5.41) is 3.48. The molecular formula is C25H31FN4O. The van der Waals surface area contributed by atoms with Crippen LogP contribution in [0.3, 0.4) is 0 Å². The maximum Gasteiger partial charge on any atom is 0.208 e. The Hall–Kier alpha value is -2.70. The fourth-order valence-corrected chi connectivity index (χ4v) is 4.01. The van der Waals surface area contributed by atoms with Gasteiger partial charge in [0.15, 0.2) is 0 Å². The molecular weight excluding hydrogens is 391 g/mol. The lowest BCUT2D eigenvalue weighted by Crippen LogP contribution is -2.48. The Balaban J connectivity index is 1.23. The summed E-state index contributed by atoms with van der Waals surface area (Å²) in [5.41, 5.74) is 3.18. The predicted molar refractivity (Wildman–Crippen MR) is 123 cm³/mol. The summed E-state index contributed by atoms with van der Waals surface area (Å²) in [7, 11) is 0. The molecule has 0 saturated carbocycles. The molecule has 0 atom stereocenters. The highest BCUT2D eigenvalue weighted by molar-refractivity contribution is 5.61. The topological polar surface area (TPSA) is 44.5 Å². The van der Waals surface area contributed by atoms with Gasteiger partial charge in [0, 0.05) is 56.9 Å². The third-order valence-corrected chi connectivity index (χ3v) is 5.71. The summed E-state index contributed by atoms with van der Waals surface area (Å²) in [6.45, 7) is 8.63. The molecule has 6 heteroatoms. The monoisotopic (exact) mass is 422 g/mol. The summed E-state index contributed by atoms with van der Waals surface area (Å²) in [5.74, 6) is 1.54. The summed E-state index contributed by atoms with van der Waals surface area (Å²) in [6, 6.07) is 17.0. The van der Waals surface area contributed by atoms with E-state index in [1.54, 1.807) is 0 Å². The molecule has 1 aliphatic rings. The molecule has 0 radical (unpaired) electrons. The number of benzene rings is 2. The lowest BCUT2D eigenvalue weighted by atomic mass is 10.1. The van der Waals surface area contributed by atoms with Crippen LogP contribution < -0.4 is 10.2 Å². The molecule has 1 fully saturated rings. The van der Waals surface area contributed by atoms with Crippen molar-refractivity contribution in [2.24, 2.45) is 0 Å². The Morgan fingerprint density at radius 1 is 1.00 bits per heavy atom. The van der Waals surface area contributed by atoms with Gasteiger partial charge in [0.25, 0.3) is 0 Å². The second-order valence-electron chi connectivity index (χ2n) is 7.98. The molecule has 5 nitrogen and oxygen atoms in total. The Kier molecular flexibility index (Phi) is 7.33. The Bertz CT molecular complexity index is 934. The summed E-state index contributed by atoms with van der Waals surface area (Å²) >= 11 is 0. The van der Waals surface area contributed by atoms with Crippen molar-refractivity contribution in [3.63, 3.8) is 0 Å². The molecule has 0 amide bonds. The molecule has 1 saturated heterocycles. The molecule has 1 N–H and O–H groups in total. The fourth-order valence-electron chi connectivity index (χ4n) is 4.01. The number of anilines is 1. The molecule has 0 bridgehead atoms. The minimum Gasteiger partial charge on any atom is -0.444 e. The zero-order valence-electron chi connectivity index (χ0n) is 18.2. The summed E-state index contributed by atoms with van der Waals surface area (Å²) in [4.78, 5) is 9.53. The zero-order valence-corrected chi connectivity index (χ0v) is 18.2. The average Bonchev–Trinajstić information content (AvgIpc) is 3.21. The van der Waals surface area contributed by atoms with E-state index in [9.17, 15) is 4.39 Å². The van der Waals surface area contributed by atoms with Crippen LogP contribution in [0.25, 0.3) is 11.3 Å². The van der Waals surface area contributed by atoms with E-state index in [-0.39, 0.29) is 5.82 Å². The van der Waals surface area contributed by atoms with Crippen LogP contribution in [-0.2, 0) is 13.0 Å². The van der Waals surface area contributed by atoms with Crippen molar-refractivity contribution >= 4 is 5.69 Å². The van der Waals surface area contributed by atoms with Crippen LogP contribution in [0.2, 0.25) is 0 Å². The third-order valence-electron chi connectivity index (χ3n) is 5.71. The maximum absolute atomic E-state index is 13.1. The van der Waals surface area contributed by atoms with Crippen LogP contribution in [-0.4, -0.2) is 49.2 Å². The first-order chi connectivity index (χ1) is 15.2. The first-order valence-corrected chi connectivity index (χ1v) is 11.2. The van der Waals surface area contributed by atoms with Crippen LogP contribution >= 0.6 is 0 Å². The Morgan fingerprint density at radius 2 is 1.74 bits per heavy atom. The van der Waals surface area contributed by atoms with Gasteiger partial charge >= 0.3 is 0 Å². The summed E-state index contributed by atoms with van der Waals surface area (Å²) in [6.07, 6.45) is 1.93. The highest BCUT2D eigenvalue weighted by atomic mass is 19.1. The normalized spacial score (nSPS) is 14.8. The fraction of sp³-hybridized carbons (Fsp3) is 0.400. The van der Waals surface area contributed by atoms with Crippen molar-refractivity contribution in [2.45, 2.75) is 26.3 Å². The second-order valence-corrected chi connectivity index (χ2v) is 7.98. The molecule has 1 aromatic heterocycles. The lowest BCUT2D eigenvalue weighted by Gasteiger charge is -2.36. The van der Waals surface area contributed by atoms with E-state index < -0.39 is 0 Å². The summed E-state index contributed by atoms with van der Waals surface area (Å²) < 4.78 is 19.2. The molecule has 0 spiro atoms. The largest absolute Gasteiger partial charge is 0.444 e. The predicted octanol–water partition coefficient (Wildman–Crippen LogP) is 4.35. The zero-order chi connectivity index (χ0) is 21.5. The van der Waals surface area contributed by atoms with E-state index in [1.165, 1.54) is 12.1 Å². The first-order valence-electron chi connectivity index (χ1n) is 11.2. The number of piperazine rings is 1. The molecule has 2 aromatic carbocycles. The quantitative estimate of drug-likeness (QED) is 0.520. The average molecular weight is 423 g/mol. The van der Waals surface area contributed by atoms with E-state index in [2.05, 4.69) is 34.2 Å². The standard InChI is InChI=1S/C25H31FN4O/c1-2-6-23-25(20-7-4-3-5-8-20)28-24(31-23)19-27-13-14-29-15-17-30(18-16-29)22-11-9-21(26)10-12-22/h3-5,7-12,27H,2,6,13-19H2,1H3. The van der Waals surface area contributed by atoms with Crippen LogP contribution in [0.1, 0.15) is 25.0 Å². The van der Waals surface area contributed by atoms with Gasteiger partial charge in [-0.1, -0.05) is 37.3 Å². The maximum atomic E-state index is 13.1. The Morgan fingerprint density at radius 3 is 2.45 bits per heavy atom.